The van der Waals surface area contributed by atoms with Crippen LogP contribution in [0.2, 0.25) is 0 Å². The van der Waals surface area contributed by atoms with Crippen molar-refractivity contribution in [2.24, 2.45) is 0 Å². The lowest BCUT2D eigenvalue weighted by Crippen LogP contribution is -2.35. The van der Waals surface area contributed by atoms with Crippen molar-refractivity contribution in [2.45, 2.75) is 32.7 Å². The molecule has 0 spiro atoms. The van der Waals surface area contributed by atoms with E-state index >= 15 is 0 Å². The molecule has 1 heterocycles. The van der Waals surface area contributed by atoms with Crippen LogP contribution in [0.25, 0.3) is 0 Å². The summed E-state index contributed by atoms with van der Waals surface area (Å²) in [4.78, 5) is 16.3. The fraction of sp³-hybridized carbons (Fsp3) is 0.583. The normalized spacial score (nSPS) is 15.2. The number of hydrogen-bond acceptors (Lipinski definition) is 3. The van der Waals surface area contributed by atoms with Crippen LogP contribution in [-0.2, 0) is 0 Å². The summed E-state index contributed by atoms with van der Waals surface area (Å²) in [5, 5.41) is 8.99. The Morgan fingerprint density at radius 1 is 1.56 bits per heavy atom. The summed E-state index contributed by atoms with van der Waals surface area (Å²) >= 11 is 1.66. The molecule has 1 aromatic heterocycles. The molecule has 0 aromatic carbocycles. The van der Waals surface area contributed by atoms with Gasteiger partial charge in [-0.1, -0.05) is 0 Å². The standard InChI is InChI=1S/C12H17NO2S/c1-8-7-11(9(2)16-8)12(15)13(5-6-14)10-3-4-10/h7,10,14H,3-6H2,1-2H3. The number of aliphatic hydroxyl groups excluding tert-OH is 1. The van der Waals surface area contributed by atoms with Gasteiger partial charge in [-0.2, -0.15) is 0 Å². The Hall–Kier alpha value is -0.870. The zero-order valence-corrected chi connectivity index (χ0v) is 10.5. The number of nitrogens with zero attached hydrogens (tertiary/aromatic N) is 1. The lowest BCUT2D eigenvalue weighted by Gasteiger charge is -2.21. The fourth-order valence-corrected chi connectivity index (χ4v) is 2.86. The molecule has 1 aliphatic carbocycles. The molecule has 0 unspecified atom stereocenters. The second-order valence-corrected chi connectivity index (χ2v) is 5.74. The van der Waals surface area contributed by atoms with Crippen molar-refractivity contribution < 1.29 is 9.90 Å². The molecule has 0 saturated heterocycles. The van der Waals surface area contributed by atoms with E-state index in [1.54, 1.807) is 11.3 Å². The molecule has 1 amide bonds. The van der Waals surface area contributed by atoms with Crippen LogP contribution >= 0.6 is 11.3 Å². The molecule has 4 heteroatoms. The van der Waals surface area contributed by atoms with Crippen LogP contribution in [-0.4, -0.2) is 35.1 Å². The molecule has 1 N–H and O–H groups in total. The van der Waals surface area contributed by atoms with Crippen LogP contribution in [0.4, 0.5) is 0 Å². The molecule has 0 bridgehead atoms. The van der Waals surface area contributed by atoms with Crippen LogP contribution in [0, 0.1) is 13.8 Å². The topological polar surface area (TPSA) is 40.5 Å². The SMILES string of the molecule is Cc1cc(C(=O)N(CCO)C2CC2)c(C)s1. The van der Waals surface area contributed by atoms with E-state index in [0.29, 0.717) is 12.6 Å². The minimum absolute atomic E-state index is 0.0460. The monoisotopic (exact) mass is 239 g/mol. The smallest absolute Gasteiger partial charge is 0.255 e. The van der Waals surface area contributed by atoms with Crippen LogP contribution in [0.15, 0.2) is 6.07 Å². The van der Waals surface area contributed by atoms with E-state index in [0.717, 1.165) is 23.3 Å². The summed E-state index contributed by atoms with van der Waals surface area (Å²) in [5.41, 5.74) is 0.808. The minimum Gasteiger partial charge on any atom is -0.395 e. The average molecular weight is 239 g/mol. The number of thiophene rings is 1. The van der Waals surface area contributed by atoms with Gasteiger partial charge in [0.25, 0.3) is 5.91 Å². The molecule has 16 heavy (non-hydrogen) atoms. The van der Waals surface area contributed by atoms with E-state index < -0.39 is 0 Å². The number of aryl methyl sites for hydroxylation is 2. The van der Waals surface area contributed by atoms with Crippen molar-refractivity contribution in [1.29, 1.82) is 0 Å². The van der Waals surface area contributed by atoms with Gasteiger partial charge in [-0.05, 0) is 32.8 Å². The predicted molar refractivity (Wildman–Crippen MR) is 64.9 cm³/mol. The minimum atomic E-state index is 0.0460. The predicted octanol–water partition coefficient (Wildman–Crippen LogP) is 1.96. The highest BCUT2D eigenvalue weighted by Gasteiger charge is 2.33. The van der Waals surface area contributed by atoms with E-state index in [1.165, 1.54) is 4.88 Å². The van der Waals surface area contributed by atoms with Gasteiger partial charge >= 0.3 is 0 Å². The summed E-state index contributed by atoms with van der Waals surface area (Å²) in [6, 6.07) is 2.31. The van der Waals surface area contributed by atoms with E-state index in [9.17, 15) is 4.79 Å². The first-order valence-electron chi connectivity index (χ1n) is 5.62. The molecular formula is C12H17NO2S. The Balaban J connectivity index is 2.18. The van der Waals surface area contributed by atoms with Crippen molar-refractivity contribution in [1.82, 2.24) is 4.90 Å². The van der Waals surface area contributed by atoms with Crippen LogP contribution in [0.3, 0.4) is 0 Å². The molecule has 88 valence electrons. The number of amides is 1. The number of carbonyl (C=O) groups excluding carboxylic acids is 1. The number of carbonyl (C=O) groups is 1. The maximum atomic E-state index is 12.3. The Morgan fingerprint density at radius 3 is 2.69 bits per heavy atom. The number of rotatable bonds is 4. The molecule has 0 atom stereocenters. The molecule has 3 nitrogen and oxygen atoms in total. The summed E-state index contributed by atoms with van der Waals surface area (Å²) in [6.07, 6.45) is 2.15. The van der Waals surface area contributed by atoms with Gasteiger partial charge in [0.05, 0.1) is 12.2 Å². The van der Waals surface area contributed by atoms with Gasteiger partial charge in [0.1, 0.15) is 0 Å². The van der Waals surface area contributed by atoms with E-state index in [2.05, 4.69) is 0 Å². The summed E-state index contributed by atoms with van der Waals surface area (Å²) in [5.74, 6) is 0.0819. The van der Waals surface area contributed by atoms with Gasteiger partial charge in [0, 0.05) is 22.3 Å². The fourth-order valence-electron chi connectivity index (χ4n) is 1.94. The quantitative estimate of drug-likeness (QED) is 0.872. The van der Waals surface area contributed by atoms with Crippen LogP contribution < -0.4 is 0 Å². The van der Waals surface area contributed by atoms with Gasteiger partial charge in [0.15, 0.2) is 0 Å². The Labute approximate surface area is 99.7 Å². The van der Waals surface area contributed by atoms with Crippen LogP contribution in [0.5, 0.6) is 0 Å². The van der Waals surface area contributed by atoms with Crippen molar-refractivity contribution in [3.8, 4) is 0 Å². The third kappa shape index (κ3) is 2.28. The molecular weight excluding hydrogens is 222 g/mol. The molecule has 2 rings (SSSR count). The van der Waals surface area contributed by atoms with Gasteiger partial charge in [-0.15, -0.1) is 11.3 Å². The van der Waals surface area contributed by atoms with E-state index in [-0.39, 0.29) is 12.5 Å². The first-order valence-corrected chi connectivity index (χ1v) is 6.44. The van der Waals surface area contributed by atoms with Crippen LogP contribution in [0.1, 0.15) is 33.0 Å². The Bertz CT molecular complexity index is 396. The first kappa shape index (κ1) is 11.6. The maximum absolute atomic E-state index is 12.3. The van der Waals surface area contributed by atoms with Crippen molar-refractivity contribution in [3.63, 3.8) is 0 Å². The van der Waals surface area contributed by atoms with Gasteiger partial charge in [-0.3, -0.25) is 4.79 Å². The largest absolute Gasteiger partial charge is 0.395 e. The number of hydrogen-bond donors (Lipinski definition) is 1. The molecule has 1 fully saturated rings. The molecule has 1 saturated carbocycles. The summed E-state index contributed by atoms with van der Waals surface area (Å²) in [6.45, 7) is 4.50. The molecule has 0 aliphatic heterocycles. The van der Waals surface area contributed by atoms with Gasteiger partial charge in [-0.25, -0.2) is 0 Å². The van der Waals surface area contributed by atoms with Gasteiger partial charge < -0.3 is 10.0 Å². The molecule has 0 radical (unpaired) electrons. The summed E-state index contributed by atoms with van der Waals surface area (Å²) in [7, 11) is 0. The average Bonchev–Trinajstić information content (AvgIpc) is 3.00. The van der Waals surface area contributed by atoms with E-state index in [1.807, 2.05) is 24.8 Å². The van der Waals surface area contributed by atoms with Crippen molar-refractivity contribution in [2.75, 3.05) is 13.2 Å². The highest BCUT2D eigenvalue weighted by Crippen LogP contribution is 2.30. The second-order valence-electron chi connectivity index (χ2n) is 4.28. The Kier molecular flexibility index (Phi) is 3.30. The third-order valence-electron chi connectivity index (χ3n) is 2.86. The molecule has 1 aliphatic rings. The highest BCUT2D eigenvalue weighted by atomic mass is 32.1. The van der Waals surface area contributed by atoms with Gasteiger partial charge in [0.2, 0.25) is 0 Å². The molecule has 1 aromatic rings. The third-order valence-corrected chi connectivity index (χ3v) is 3.83. The zero-order valence-electron chi connectivity index (χ0n) is 9.69. The lowest BCUT2D eigenvalue weighted by atomic mass is 10.2. The van der Waals surface area contributed by atoms with Crippen molar-refractivity contribution in [3.05, 3.63) is 21.4 Å². The van der Waals surface area contributed by atoms with E-state index in [4.69, 9.17) is 5.11 Å². The Morgan fingerprint density at radius 2 is 2.25 bits per heavy atom. The second kappa shape index (κ2) is 4.55. The first-order chi connectivity index (χ1) is 7.63. The maximum Gasteiger partial charge on any atom is 0.255 e. The zero-order chi connectivity index (χ0) is 11.7. The van der Waals surface area contributed by atoms with Crippen molar-refractivity contribution >= 4 is 17.2 Å². The lowest BCUT2D eigenvalue weighted by molar-refractivity contribution is 0.0707. The number of aliphatic hydroxyl groups is 1. The summed E-state index contributed by atoms with van der Waals surface area (Å²) < 4.78 is 0. The highest BCUT2D eigenvalue weighted by molar-refractivity contribution is 7.12.